The fourth-order valence-corrected chi connectivity index (χ4v) is 6.24. The SMILES string of the molecule is CCOCc1cc(CNC(=O)C2(N(C)C)CCCC2)ccc1-c1ncccc1S(=O)(=O)Nc1noc(C)c1C. The van der Waals surface area contributed by atoms with Crippen molar-refractivity contribution in [1.82, 2.24) is 20.4 Å². The molecule has 2 heterocycles. The van der Waals surface area contributed by atoms with Crippen molar-refractivity contribution in [2.45, 2.75) is 70.0 Å². The van der Waals surface area contributed by atoms with Gasteiger partial charge in [0.25, 0.3) is 10.0 Å². The topological polar surface area (TPSA) is 127 Å². The van der Waals surface area contributed by atoms with E-state index in [2.05, 4.69) is 20.2 Å². The van der Waals surface area contributed by atoms with Crippen LogP contribution in [0, 0.1) is 13.8 Å². The lowest BCUT2D eigenvalue weighted by Crippen LogP contribution is -2.54. The second-order valence-electron chi connectivity index (χ2n) is 10.1. The van der Waals surface area contributed by atoms with Crippen molar-refractivity contribution < 1.29 is 22.5 Å². The molecule has 0 spiro atoms. The van der Waals surface area contributed by atoms with Gasteiger partial charge in [0, 0.05) is 30.5 Å². The van der Waals surface area contributed by atoms with E-state index in [-0.39, 0.29) is 23.2 Å². The summed E-state index contributed by atoms with van der Waals surface area (Å²) in [7, 11) is -0.119. The number of rotatable bonds is 11. The fraction of sp³-hybridized carbons (Fsp3) is 0.464. The number of pyridine rings is 1. The molecule has 0 atom stereocenters. The summed E-state index contributed by atoms with van der Waals surface area (Å²) in [4.78, 5) is 19.7. The molecular formula is C28H37N5O5S. The second kappa shape index (κ2) is 11.8. The number of nitrogens with zero attached hydrogens (tertiary/aromatic N) is 3. The minimum atomic E-state index is -4.03. The third-order valence-electron chi connectivity index (χ3n) is 7.50. The third-order valence-corrected chi connectivity index (χ3v) is 8.87. The van der Waals surface area contributed by atoms with Crippen molar-refractivity contribution in [3.05, 3.63) is 59.0 Å². The lowest BCUT2D eigenvalue weighted by Gasteiger charge is -2.34. The number of carbonyl (C=O) groups is 1. The first-order valence-electron chi connectivity index (χ1n) is 13.2. The first-order chi connectivity index (χ1) is 18.6. The smallest absolute Gasteiger partial charge is 0.265 e. The van der Waals surface area contributed by atoms with Crippen molar-refractivity contribution in [2.75, 3.05) is 25.4 Å². The zero-order valence-electron chi connectivity index (χ0n) is 23.2. The van der Waals surface area contributed by atoms with Gasteiger partial charge in [-0.2, -0.15) is 0 Å². The molecule has 3 aromatic rings. The highest BCUT2D eigenvalue weighted by Crippen LogP contribution is 2.34. The molecule has 2 aromatic heterocycles. The van der Waals surface area contributed by atoms with E-state index >= 15 is 0 Å². The van der Waals surface area contributed by atoms with Gasteiger partial charge in [0.15, 0.2) is 5.82 Å². The van der Waals surface area contributed by atoms with E-state index in [9.17, 15) is 13.2 Å². The Morgan fingerprint density at radius 1 is 1.18 bits per heavy atom. The van der Waals surface area contributed by atoms with Gasteiger partial charge < -0.3 is 14.6 Å². The minimum absolute atomic E-state index is 0.0120. The molecule has 39 heavy (non-hydrogen) atoms. The van der Waals surface area contributed by atoms with Gasteiger partial charge in [0.05, 0.1) is 17.8 Å². The van der Waals surface area contributed by atoms with Crippen LogP contribution in [0.4, 0.5) is 5.82 Å². The maximum Gasteiger partial charge on any atom is 0.265 e. The maximum absolute atomic E-state index is 13.4. The Morgan fingerprint density at radius 3 is 2.56 bits per heavy atom. The summed E-state index contributed by atoms with van der Waals surface area (Å²) >= 11 is 0. The molecule has 0 bridgehead atoms. The van der Waals surface area contributed by atoms with Gasteiger partial charge in [-0.1, -0.05) is 36.2 Å². The summed E-state index contributed by atoms with van der Waals surface area (Å²) in [5.74, 6) is 0.703. The average molecular weight is 556 g/mol. The van der Waals surface area contributed by atoms with Crippen LogP contribution in [0.15, 0.2) is 45.9 Å². The normalized spacial score (nSPS) is 15.0. The number of aromatic nitrogens is 2. The Balaban J connectivity index is 1.64. The molecule has 1 fully saturated rings. The average Bonchev–Trinajstić information content (AvgIpc) is 3.54. The number of likely N-dealkylation sites (N-methyl/N-ethyl adjacent to an activating group) is 1. The summed E-state index contributed by atoms with van der Waals surface area (Å²) in [6.45, 7) is 6.46. The van der Waals surface area contributed by atoms with Gasteiger partial charge in [0.2, 0.25) is 5.91 Å². The number of aryl methyl sites for hydroxylation is 1. The molecule has 11 heteroatoms. The predicted molar refractivity (Wildman–Crippen MR) is 149 cm³/mol. The van der Waals surface area contributed by atoms with Crippen molar-refractivity contribution in [3.8, 4) is 11.3 Å². The number of ether oxygens (including phenoxy) is 1. The first kappa shape index (κ1) is 28.7. The molecule has 1 saturated carbocycles. The Morgan fingerprint density at radius 2 is 1.92 bits per heavy atom. The predicted octanol–water partition coefficient (Wildman–Crippen LogP) is 4.18. The summed E-state index contributed by atoms with van der Waals surface area (Å²) in [5, 5.41) is 6.95. The molecule has 1 aliphatic rings. The van der Waals surface area contributed by atoms with Crippen LogP contribution in [-0.4, -0.2) is 55.6 Å². The first-order valence-corrected chi connectivity index (χ1v) is 14.6. The summed E-state index contributed by atoms with van der Waals surface area (Å²) in [6.07, 6.45) is 5.33. The highest BCUT2D eigenvalue weighted by atomic mass is 32.2. The van der Waals surface area contributed by atoms with Gasteiger partial charge >= 0.3 is 0 Å². The van der Waals surface area contributed by atoms with Crippen LogP contribution >= 0.6 is 0 Å². The lowest BCUT2D eigenvalue weighted by atomic mass is 9.94. The Hall–Kier alpha value is -3.28. The molecule has 10 nitrogen and oxygen atoms in total. The largest absolute Gasteiger partial charge is 0.377 e. The second-order valence-corrected chi connectivity index (χ2v) is 11.8. The number of sulfonamides is 1. The van der Waals surface area contributed by atoms with Crippen molar-refractivity contribution in [3.63, 3.8) is 0 Å². The van der Waals surface area contributed by atoms with Crippen LogP contribution in [0.25, 0.3) is 11.3 Å². The quantitative estimate of drug-likeness (QED) is 0.361. The molecule has 0 aliphatic heterocycles. The Bertz CT molecular complexity index is 1430. The molecule has 0 radical (unpaired) electrons. The number of amides is 1. The standard InChI is InChI=1S/C28H37N5O5S/c1-6-37-18-22-16-21(17-30-27(34)28(33(4)5)13-7-8-14-28)11-12-23(22)25-24(10-9-15-29-25)39(35,36)32-26-19(2)20(3)38-31-26/h9-12,15-16H,6-8,13-14,17-18H2,1-5H3,(H,30,34)(H,31,32). The van der Waals surface area contributed by atoms with E-state index in [4.69, 9.17) is 9.26 Å². The molecule has 1 aromatic carbocycles. The lowest BCUT2D eigenvalue weighted by molar-refractivity contribution is -0.132. The van der Waals surface area contributed by atoms with Crippen LogP contribution in [0.3, 0.4) is 0 Å². The number of hydrogen-bond donors (Lipinski definition) is 2. The van der Waals surface area contributed by atoms with Gasteiger partial charge in [-0.15, -0.1) is 0 Å². The van der Waals surface area contributed by atoms with E-state index < -0.39 is 15.6 Å². The van der Waals surface area contributed by atoms with Crippen molar-refractivity contribution >= 4 is 21.7 Å². The fourth-order valence-electron chi connectivity index (χ4n) is 5.01. The molecule has 0 saturated heterocycles. The summed E-state index contributed by atoms with van der Waals surface area (Å²) in [5.41, 5.74) is 2.73. The van der Waals surface area contributed by atoms with Crippen molar-refractivity contribution in [2.24, 2.45) is 0 Å². The number of anilines is 1. The Kier molecular flexibility index (Phi) is 8.73. The van der Waals surface area contributed by atoms with Gasteiger partial charge in [0.1, 0.15) is 10.7 Å². The van der Waals surface area contributed by atoms with Gasteiger partial charge in [-0.25, -0.2) is 8.42 Å². The van der Waals surface area contributed by atoms with Crippen LogP contribution in [-0.2, 0) is 32.7 Å². The van der Waals surface area contributed by atoms with Crippen LogP contribution in [0.5, 0.6) is 0 Å². The van der Waals surface area contributed by atoms with Gasteiger partial charge in [-0.3, -0.25) is 19.4 Å². The highest BCUT2D eigenvalue weighted by Gasteiger charge is 2.42. The van der Waals surface area contributed by atoms with E-state index in [1.165, 1.54) is 6.07 Å². The van der Waals surface area contributed by atoms with Crippen LogP contribution in [0.1, 0.15) is 55.1 Å². The number of nitrogens with one attached hydrogen (secondary N) is 2. The monoisotopic (exact) mass is 555 g/mol. The molecule has 1 aliphatic carbocycles. The zero-order valence-corrected chi connectivity index (χ0v) is 24.0. The molecule has 1 amide bonds. The summed E-state index contributed by atoms with van der Waals surface area (Å²) < 4.78 is 40.2. The molecule has 210 valence electrons. The molecule has 2 N–H and O–H groups in total. The van der Waals surface area contributed by atoms with E-state index in [1.54, 1.807) is 26.1 Å². The summed E-state index contributed by atoms with van der Waals surface area (Å²) in [6, 6.07) is 8.74. The van der Waals surface area contributed by atoms with E-state index in [0.717, 1.165) is 36.8 Å². The van der Waals surface area contributed by atoms with Crippen molar-refractivity contribution in [1.29, 1.82) is 0 Å². The van der Waals surface area contributed by atoms with Crippen LogP contribution in [0.2, 0.25) is 0 Å². The molecule has 0 unspecified atom stereocenters. The Labute approximate surface area is 230 Å². The minimum Gasteiger partial charge on any atom is -0.377 e. The maximum atomic E-state index is 13.4. The van der Waals surface area contributed by atoms with E-state index in [0.29, 0.717) is 35.7 Å². The highest BCUT2D eigenvalue weighted by molar-refractivity contribution is 7.92. The van der Waals surface area contributed by atoms with E-state index in [1.807, 2.05) is 44.1 Å². The van der Waals surface area contributed by atoms with Gasteiger partial charge in [-0.05, 0) is 71.0 Å². The molecular weight excluding hydrogens is 518 g/mol. The zero-order chi connectivity index (χ0) is 28.2. The van der Waals surface area contributed by atoms with Crippen LogP contribution < -0.4 is 10.0 Å². The third kappa shape index (κ3) is 6.00. The number of carbonyl (C=O) groups excluding carboxylic acids is 1. The number of benzene rings is 1. The molecule has 4 rings (SSSR count). The number of hydrogen-bond acceptors (Lipinski definition) is 8.